The molecule has 0 unspecified atom stereocenters. The number of carbonyl (C=O) groups is 1. The lowest BCUT2D eigenvalue weighted by Gasteiger charge is -2.23. The molecule has 164 valence electrons. The summed E-state index contributed by atoms with van der Waals surface area (Å²) in [4.78, 5) is 25.9. The third kappa shape index (κ3) is 6.17. The van der Waals surface area contributed by atoms with Crippen molar-refractivity contribution in [2.24, 2.45) is 0 Å². The van der Waals surface area contributed by atoms with Crippen molar-refractivity contribution in [2.75, 3.05) is 34.0 Å². The lowest BCUT2D eigenvalue weighted by molar-refractivity contribution is -0.385. The minimum atomic E-state index is -0.609. The highest BCUT2D eigenvalue weighted by Gasteiger charge is 2.28. The second-order valence-electron chi connectivity index (χ2n) is 6.65. The number of rotatable bonds is 11. The van der Waals surface area contributed by atoms with Crippen LogP contribution in [-0.2, 0) is 11.3 Å². The van der Waals surface area contributed by atoms with E-state index in [-0.39, 0.29) is 35.9 Å². The summed E-state index contributed by atoms with van der Waals surface area (Å²) in [6, 6.07) is 11.4. The van der Waals surface area contributed by atoms with Crippen LogP contribution in [0.15, 0.2) is 36.4 Å². The van der Waals surface area contributed by atoms with Crippen LogP contribution in [0.5, 0.6) is 11.5 Å². The Bertz CT molecular complexity index is 953. The van der Waals surface area contributed by atoms with Crippen molar-refractivity contribution in [1.82, 2.24) is 4.90 Å². The van der Waals surface area contributed by atoms with Gasteiger partial charge in [0.1, 0.15) is 12.2 Å². The highest BCUT2D eigenvalue weighted by Crippen LogP contribution is 2.35. The van der Waals surface area contributed by atoms with Crippen LogP contribution in [-0.4, -0.2) is 49.7 Å². The fourth-order valence-corrected chi connectivity index (χ4v) is 2.98. The number of methoxy groups -OCH3 is 2. The molecular weight excluding hydrogens is 402 g/mol. The van der Waals surface area contributed by atoms with Gasteiger partial charge in [-0.1, -0.05) is 19.1 Å². The van der Waals surface area contributed by atoms with Crippen molar-refractivity contribution in [3.63, 3.8) is 0 Å². The fourth-order valence-electron chi connectivity index (χ4n) is 2.98. The molecule has 2 aromatic rings. The number of hydrogen-bond donors (Lipinski definition) is 0. The van der Waals surface area contributed by atoms with Crippen LogP contribution in [0.25, 0.3) is 0 Å². The van der Waals surface area contributed by atoms with Crippen molar-refractivity contribution >= 4 is 11.6 Å². The zero-order chi connectivity index (χ0) is 22.8. The standard InChI is InChI=1S/C22H25N3O6/c1-4-9-24(15-17-7-5-16(14-23)6-8-17)22(26)18-12-20(30-3)21(31-11-10-29-2)13-19(18)25(27)28/h5-8,12-13H,4,9-11,15H2,1-3H3. The Morgan fingerprint density at radius 2 is 1.87 bits per heavy atom. The van der Waals surface area contributed by atoms with Gasteiger partial charge in [-0.05, 0) is 24.1 Å². The molecule has 0 aliphatic heterocycles. The normalized spacial score (nSPS) is 10.3. The van der Waals surface area contributed by atoms with E-state index in [1.807, 2.05) is 13.0 Å². The number of nitro groups is 1. The molecule has 31 heavy (non-hydrogen) atoms. The summed E-state index contributed by atoms with van der Waals surface area (Å²) in [6.07, 6.45) is 0.672. The predicted octanol–water partition coefficient (Wildman–Crippen LogP) is 3.55. The smallest absolute Gasteiger partial charge is 0.286 e. The zero-order valence-electron chi connectivity index (χ0n) is 17.8. The largest absolute Gasteiger partial charge is 0.493 e. The topological polar surface area (TPSA) is 115 Å². The van der Waals surface area contributed by atoms with Crippen molar-refractivity contribution in [1.29, 1.82) is 5.26 Å². The van der Waals surface area contributed by atoms with Gasteiger partial charge in [-0.15, -0.1) is 0 Å². The molecule has 9 nitrogen and oxygen atoms in total. The molecule has 0 bridgehead atoms. The molecule has 0 saturated heterocycles. The highest BCUT2D eigenvalue weighted by molar-refractivity contribution is 5.99. The summed E-state index contributed by atoms with van der Waals surface area (Å²) in [5.74, 6) is -0.101. The van der Waals surface area contributed by atoms with E-state index in [0.717, 1.165) is 5.56 Å². The van der Waals surface area contributed by atoms with Gasteiger partial charge in [-0.2, -0.15) is 5.26 Å². The van der Waals surface area contributed by atoms with Crippen molar-refractivity contribution in [3.8, 4) is 17.6 Å². The summed E-state index contributed by atoms with van der Waals surface area (Å²) in [7, 11) is 2.92. The minimum absolute atomic E-state index is 0.0805. The second-order valence-corrected chi connectivity index (χ2v) is 6.65. The first-order chi connectivity index (χ1) is 14.9. The molecule has 0 radical (unpaired) electrons. The van der Waals surface area contributed by atoms with Crippen LogP contribution in [0.1, 0.15) is 34.8 Å². The zero-order valence-corrected chi connectivity index (χ0v) is 17.8. The van der Waals surface area contributed by atoms with Gasteiger partial charge in [-0.3, -0.25) is 14.9 Å². The third-order valence-corrected chi connectivity index (χ3v) is 4.49. The Morgan fingerprint density at radius 1 is 1.16 bits per heavy atom. The third-order valence-electron chi connectivity index (χ3n) is 4.49. The highest BCUT2D eigenvalue weighted by atomic mass is 16.6. The van der Waals surface area contributed by atoms with Crippen LogP contribution < -0.4 is 9.47 Å². The number of ether oxygens (including phenoxy) is 3. The van der Waals surface area contributed by atoms with E-state index in [4.69, 9.17) is 19.5 Å². The van der Waals surface area contributed by atoms with Gasteiger partial charge in [0, 0.05) is 26.3 Å². The molecule has 0 aliphatic carbocycles. The average Bonchev–Trinajstić information content (AvgIpc) is 2.78. The van der Waals surface area contributed by atoms with E-state index >= 15 is 0 Å². The average molecular weight is 427 g/mol. The van der Waals surface area contributed by atoms with Gasteiger partial charge in [0.15, 0.2) is 11.5 Å². The molecule has 9 heteroatoms. The molecule has 0 spiro atoms. The number of nitriles is 1. The van der Waals surface area contributed by atoms with Gasteiger partial charge in [0.25, 0.3) is 11.6 Å². The Labute approximate surface area is 180 Å². The molecule has 0 aliphatic rings. The lowest BCUT2D eigenvalue weighted by Crippen LogP contribution is -2.31. The predicted molar refractivity (Wildman–Crippen MR) is 113 cm³/mol. The van der Waals surface area contributed by atoms with Crippen molar-refractivity contribution < 1.29 is 23.9 Å². The molecule has 0 N–H and O–H groups in total. The van der Waals surface area contributed by atoms with Crippen molar-refractivity contribution in [2.45, 2.75) is 19.9 Å². The number of nitrogens with zero attached hydrogens (tertiary/aromatic N) is 3. The Hall–Kier alpha value is -3.64. The lowest BCUT2D eigenvalue weighted by atomic mass is 10.1. The minimum Gasteiger partial charge on any atom is -0.493 e. The van der Waals surface area contributed by atoms with Gasteiger partial charge < -0.3 is 19.1 Å². The van der Waals surface area contributed by atoms with Crippen LogP contribution >= 0.6 is 0 Å². The quantitative estimate of drug-likeness (QED) is 0.306. The first-order valence-corrected chi connectivity index (χ1v) is 9.71. The molecule has 2 aromatic carbocycles. The van der Waals surface area contributed by atoms with Gasteiger partial charge in [0.2, 0.25) is 0 Å². The van der Waals surface area contributed by atoms with Gasteiger partial charge in [0.05, 0.1) is 36.3 Å². The van der Waals surface area contributed by atoms with Crippen LogP contribution in [0.4, 0.5) is 5.69 Å². The van der Waals surface area contributed by atoms with E-state index in [1.54, 1.807) is 24.3 Å². The second kappa shape index (κ2) is 11.5. The Kier molecular flexibility index (Phi) is 8.78. The van der Waals surface area contributed by atoms with Gasteiger partial charge in [-0.25, -0.2) is 0 Å². The maximum atomic E-state index is 13.3. The van der Waals surface area contributed by atoms with Crippen LogP contribution in [0, 0.1) is 21.4 Å². The monoisotopic (exact) mass is 427 g/mol. The van der Waals surface area contributed by atoms with Gasteiger partial charge >= 0.3 is 0 Å². The fraction of sp³-hybridized carbons (Fsp3) is 0.364. The first kappa shape index (κ1) is 23.6. The van der Waals surface area contributed by atoms with E-state index in [0.29, 0.717) is 25.1 Å². The molecule has 0 saturated carbocycles. The van der Waals surface area contributed by atoms with E-state index in [1.165, 1.54) is 31.3 Å². The maximum absolute atomic E-state index is 13.3. The summed E-state index contributed by atoms with van der Waals surface area (Å²) in [5.41, 5.74) is 0.888. The Morgan fingerprint density at radius 3 is 2.42 bits per heavy atom. The summed E-state index contributed by atoms with van der Waals surface area (Å²) in [6.45, 7) is 3.06. The molecule has 0 atom stereocenters. The molecule has 2 rings (SSSR count). The molecule has 0 aromatic heterocycles. The number of hydrogen-bond acceptors (Lipinski definition) is 7. The summed E-state index contributed by atoms with van der Waals surface area (Å²) < 4.78 is 15.7. The SMILES string of the molecule is CCCN(Cc1ccc(C#N)cc1)C(=O)c1cc(OC)c(OCCOC)cc1[N+](=O)[O-]. The Balaban J connectivity index is 2.39. The summed E-state index contributed by atoms with van der Waals surface area (Å²) in [5, 5.41) is 20.6. The van der Waals surface area contributed by atoms with E-state index in [9.17, 15) is 14.9 Å². The van der Waals surface area contributed by atoms with Crippen LogP contribution in [0.2, 0.25) is 0 Å². The number of amides is 1. The molecule has 1 amide bonds. The number of benzene rings is 2. The van der Waals surface area contributed by atoms with E-state index in [2.05, 4.69) is 0 Å². The van der Waals surface area contributed by atoms with E-state index < -0.39 is 10.8 Å². The molecule has 0 fully saturated rings. The number of nitro benzene ring substituents is 1. The number of carbonyl (C=O) groups excluding carboxylic acids is 1. The van der Waals surface area contributed by atoms with Crippen LogP contribution in [0.3, 0.4) is 0 Å². The first-order valence-electron chi connectivity index (χ1n) is 9.71. The maximum Gasteiger partial charge on any atom is 0.286 e. The molecule has 0 heterocycles. The molecular formula is C22H25N3O6. The summed E-state index contributed by atoms with van der Waals surface area (Å²) >= 11 is 0. The van der Waals surface area contributed by atoms with Crippen molar-refractivity contribution in [3.05, 3.63) is 63.2 Å².